The minimum absolute atomic E-state index is 0.304. The van der Waals surface area contributed by atoms with Gasteiger partial charge in [-0.05, 0) is 19.4 Å². The molecule has 0 aliphatic carbocycles. The molecule has 17 heavy (non-hydrogen) atoms. The average Bonchev–Trinajstić information content (AvgIpc) is 2.30. The molecule has 0 fully saturated rings. The van der Waals surface area contributed by atoms with Gasteiger partial charge in [-0.3, -0.25) is 4.57 Å². The SMILES string of the molecule is CCOP(=O)(Cc1ccc([N-]C)cc1)OCC. The highest BCUT2D eigenvalue weighted by Gasteiger charge is 2.23. The fourth-order valence-electron chi connectivity index (χ4n) is 1.50. The van der Waals surface area contributed by atoms with Gasteiger partial charge in [0, 0.05) is 0 Å². The number of hydrogen-bond donors (Lipinski definition) is 0. The van der Waals surface area contributed by atoms with E-state index >= 15 is 0 Å². The summed E-state index contributed by atoms with van der Waals surface area (Å²) in [6.45, 7) is 4.40. The number of nitrogens with zero attached hydrogens (tertiary/aromatic N) is 1. The highest BCUT2D eigenvalue weighted by molar-refractivity contribution is 7.53. The molecule has 96 valence electrons. The van der Waals surface area contributed by atoms with Crippen molar-refractivity contribution in [2.45, 2.75) is 20.0 Å². The first-order valence-corrected chi connectivity index (χ1v) is 7.43. The molecule has 1 rings (SSSR count). The van der Waals surface area contributed by atoms with Crippen molar-refractivity contribution >= 4 is 13.3 Å². The van der Waals surface area contributed by atoms with Crippen molar-refractivity contribution < 1.29 is 13.6 Å². The lowest BCUT2D eigenvalue weighted by molar-refractivity contribution is 0.219. The molecule has 0 saturated carbocycles. The Hall–Kier alpha value is -0.830. The van der Waals surface area contributed by atoms with Crippen molar-refractivity contribution in [3.05, 3.63) is 35.1 Å². The molecule has 0 unspecified atom stereocenters. The van der Waals surface area contributed by atoms with Gasteiger partial charge in [0.05, 0.1) is 19.4 Å². The minimum Gasteiger partial charge on any atom is -0.687 e. The molecule has 0 atom stereocenters. The van der Waals surface area contributed by atoms with E-state index in [0.29, 0.717) is 19.4 Å². The Bertz CT molecular complexity index is 368. The third-order valence-electron chi connectivity index (χ3n) is 2.22. The van der Waals surface area contributed by atoms with Crippen LogP contribution < -0.4 is 0 Å². The summed E-state index contributed by atoms with van der Waals surface area (Å²) in [7, 11) is -1.26. The Labute approximate surface area is 103 Å². The molecule has 0 aliphatic heterocycles. The van der Waals surface area contributed by atoms with E-state index < -0.39 is 7.60 Å². The lowest BCUT2D eigenvalue weighted by atomic mass is 10.2. The summed E-state index contributed by atoms with van der Waals surface area (Å²) in [4.78, 5) is 0. The van der Waals surface area contributed by atoms with Crippen molar-refractivity contribution in [3.63, 3.8) is 0 Å². The van der Waals surface area contributed by atoms with Crippen LogP contribution in [0, 0.1) is 0 Å². The van der Waals surface area contributed by atoms with Crippen molar-refractivity contribution in [2.75, 3.05) is 20.3 Å². The molecule has 1 aromatic carbocycles. The molecule has 0 bridgehead atoms. The van der Waals surface area contributed by atoms with E-state index in [1.54, 1.807) is 7.05 Å². The van der Waals surface area contributed by atoms with Crippen molar-refractivity contribution in [3.8, 4) is 0 Å². The van der Waals surface area contributed by atoms with Gasteiger partial charge in [-0.25, -0.2) is 0 Å². The quantitative estimate of drug-likeness (QED) is 0.690. The fraction of sp³-hybridized carbons (Fsp3) is 0.500. The van der Waals surface area contributed by atoms with Crippen LogP contribution in [0.2, 0.25) is 0 Å². The Balaban J connectivity index is 2.75. The third kappa shape index (κ3) is 4.50. The summed E-state index contributed by atoms with van der Waals surface area (Å²) in [6.07, 6.45) is 0.304. The van der Waals surface area contributed by atoms with Crippen molar-refractivity contribution in [1.29, 1.82) is 0 Å². The molecule has 4 nitrogen and oxygen atoms in total. The lowest BCUT2D eigenvalue weighted by Crippen LogP contribution is -1.98. The molecule has 5 heteroatoms. The average molecular weight is 256 g/mol. The van der Waals surface area contributed by atoms with Crippen LogP contribution in [-0.4, -0.2) is 20.3 Å². The zero-order valence-electron chi connectivity index (χ0n) is 10.5. The number of rotatable bonds is 7. The predicted molar refractivity (Wildman–Crippen MR) is 69.9 cm³/mol. The van der Waals surface area contributed by atoms with E-state index in [4.69, 9.17) is 9.05 Å². The molecular formula is C12H19NO3P-. The topological polar surface area (TPSA) is 49.6 Å². The number of hydrogen-bond acceptors (Lipinski definition) is 3. The van der Waals surface area contributed by atoms with E-state index in [-0.39, 0.29) is 0 Å². The normalized spacial score (nSPS) is 11.5. The van der Waals surface area contributed by atoms with Crippen LogP contribution in [0.3, 0.4) is 0 Å². The molecular weight excluding hydrogens is 237 g/mol. The van der Waals surface area contributed by atoms with Crippen LogP contribution in [-0.2, 0) is 19.8 Å². The van der Waals surface area contributed by atoms with Gasteiger partial charge in [-0.1, -0.05) is 24.3 Å². The molecule has 0 radical (unpaired) electrons. The van der Waals surface area contributed by atoms with Crippen LogP contribution in [0.4, 0.5) is 5.69 Å². The second-order valence-electron chi connectivity index (χ2n) is 3.49. The van der Waals surface area contributed by atoms with Crippen molar-refractivity contribution in [1.82, 2.24) is 0 Å². The van der Waals surface area contributed by atoms with E-state index in [0.717, 1.165) is 11.3 Å². The first kappa shape index (κ1) is 14.2. The van der Waals surface area contributed by atoms with Crippen LogP contribution in [0.5, 0.6) is 0 Å². The van der Waals surface area contributed by atoms with Gasteiger partial charge in [0.25, 0.3) is 0 Å². The maximum atomic E-state index is 12.3. The van der Waals surface area contributed by atoms with E-state index in [1.165, 1.54) is 0 Å². The van der Waals surface area contributed by atoms with Gasteiger partial charge in [-0.15, -0.1) is 12.7 Å². The Morgan fingerprint density at radius 3 is 2.06 bits per heavy atom. The minimum atomic E-state index is -3.00. The standard InChI is InChI=1S/C12H19NO3P/c1-4-15-17(14,16-5-2)10-11-6-8-12(13-3)9-7-11/h6-9H,4-5,10H2,1-3H3/q-1. The Morgan fingerprint density at radius 1 is 1.12 bits per heavy atom. The molecule has 1 aromatic rings. The Kier molecular flexibility index (Phi) is 5.69. The second-order valence-corrected chi connectivity index (χ2v) is 5.55. The molecule has 0 aliphatic rings. The largest absolute Gasteiger partial charge is 0.687 e. The summed E-state index contributed by atoms with van der Waals surface area (Å²) in [6, 6.07) is 7.56. The number of benzene rings is 1. The van der Waals surface area contributed by atoms with Gasteiger partial charge in [0.15, 0.2) is 0 Å². The molecule has 0 aromatic heterocycles. The fourth-order valence-corrected chi connectivity index (χ4v) is 3.20. The summed E-state index contributed by atoms with van der Waals surface area (Å²) in [5.74, 6) is 0. The van der Waals surface area contributed by atoms with Gasteiger partial charge >= 0.3 is 7.60 Å². The highest BCUT2D eigenvalue weighted by atomic mass is 31.2. The third-order valence-corrected chi connectivity index (χ3v) is 4.28. The van der Waals surface area contributed by atoms with Crippen LogP contribution in [0.1, 0.15) is 19.4 Å². The van der Waals surface area contributed by atoms with Crippen molar-refractivity contribution in [2.24, 2.45) is 0 Å². The first-order valence-electron chi connectivity index (χ1n) is 5.70. The smallest absolute Gasteiger partial charge is 0.335 e. The highest BCUT2D eigenvalue weighted by Crippen LogP contribution is 2.51. The maximum Gasteiger partial charge on any atom is 0.335 e. The van der Waals surface area contributed by atoms with Crippen LogP contribution in [0.15, 0.2) is 24.3 Å². The predicted octanol–water partition coefficient (Wildman–Crippen LogP) is 4.09. The van der Waals surface area contributed by atoms with Crippen LogP contribution in [0.25, 0.3) is 5.32 Å². The summed E-state index contributed by atoms with van der Waals surface area (Å²) in [5, 5.41) is 4.05. The first-order chi connectivity index (χ1) is 8.13. The second kappa shape index (κ2) is 6.80. The monoisotopic (exact) mass is 256 g/mol. The van der Waals surface area contributed by atoms with Gasteiger partial charge in [0.2, 0.25) is 0 Å². The summed E-state index contributed by atoms with van der Waals surface area (Å²) < 4.78 is 22.7. The van der Waals surface area contributed by atoms with E-state index in [9.17, 15) is 4.57 Å². The van der Waals surface area contributed by atoms with E-state index in [1.807, 2.05) is 38.1 Å². The Morgan fingerprint density at radius 2 is 1.65 bits per heavy atom. The molecule has 0 amide bonds. The summed E-state index contributed by atoms with van der Waals surface area (Å²) >= 11 is 0. The maximum absolute atomic E-state index is 12.3. The zero-order valence-corrected chi connectivity index (χ0v) is 11.4. The van der Waals surface area contributed by atoms with Gasteiger partial charge in [0.1, 0.15) is 0 Å². The molecule has 0 N–H and O–H groups in total. The van der Waals surface area contributed by atoms with E-state index in [2.05, 4.69) is 5.32 Å². The zero-order chi connectivity index (χ0) is 12.7. The lowest BCUT2D eigenvalue weighted by Gasteiger charge is -2.18. The van der Waals surface area contributed by atoms with Crippen LogP contribution >= 0.6 is 7.60 Å². The molecule has 0 saturated heterocycles. The van der Waals surface area contributed by atoms with Gasteiger partial charge < -0.3 is 14.4 Å². The summed E-state index contributed by atoms with van der Waals surface area (Å²) in [5.41, 5.74) is 1.83. The van der Waals surface area contributed by atoms with Gasteiger partial charge in [-0.2, -0.15) is 0 Å². The molecule has 0 spiro atoms. The molecule has 0 heterocycles.